The number of hydrogen-bond donors (Lipinski definition) is 2. The second kappa shape index (κ2) is 15.6. The standard InChI is InChI=1S/C32H39N3O5/c1-38-18-19-39-27-13-8-12-26(20-27)21-34-32(37)28-14-9-15-30-29(28)23-35(22-25-10-4-2-5-11-25)24-31(36)33-16-6-3-7-17-40-30/h2,4-5,8-15,20H,3,6-7,16-19,21-24H2,1H3,(H,33,36)(H,34,37). The van der Waals surface area contributed by atoms with E-state index in [2.05, 4.69) is 15.5 Å². The van der Waals surface area contributed by atoms with Crippen molar-refractivity contribution in [2.24, 2.45) is 0 Å². The minimum absolute atomic E-state index is 0.0211. The van der Waals surface area contributed by atoms with E-state index in [0.29, 0.717) is 57.3 Å². The number of fused-ring (bicyclic) bond motifs is 1. The summed E-state index contributed by atoms with van der Waals surface area (Å²) >= 11 is 0. The lowest BCUT2D eigenvalue weighted by Gasteiger charge is -2.25. The molecule has 0 saturated heterocycles. The van der Waals surface area contributed by atoms with Crippen molar-refractivity contribution < 1.29 is 23.8 Å². The number of benzene rings is 3. The molecule has 4 rings (SSSR count). The number of nitrogens with zero attached hydrogens (tertiary/aromatic N) is 1. The SMILES string of the molecule is COCCOc1cccc(CNC(=O)c2cccc3c2CN(Cc2ccccc2)CC(=O)NCCCCCO3)c1. The molecule has 1 aliphatic heterocycles. The summed E-state index contributed by atoms with van der Waals surface area (Å²) in [5.74, 6) is 1.19. The van der Waals surface area contributed by atoms with Crippen LogP contribution in [0, 0.1) is 0 Å². The van der Waals surface area contributed by atoms with Gasteiger partial charge in [-0.05, 0) is 54.7 Å². The largest absolute Gasteiger partial charge is 0.493 e. The Morgan fingerprint density at radius 1 is 0.950 bits per heavy atom. The van der Waals surface area contributed by atoms with Gasteiger partial charge in [0, 0.05) is 44.4 Å². The summed E-state index contributed by atoms with van der Waals surface area (Å²) in [6.45, 7) is 3.70. The number of ether oxygens (including phenoxy) is 3. The molecule has 3 aromatic carbocycles. The van der Waals surface area contributed by atoms with Gasteiger partial charge in [0.1, 0.15) is 18.1 Å². The maximum Gasteiger partial charge on any atom is 0.252 e. The summed E-state index contributed by atoms with van der Waals surface area (Å²) in [6.07, 6.45) is 2.74. The first kappa shape index (κ1) is 29.1. The van der Waals surface area contributed by atoms with E-state index in [1.807, 2.05) is 72.8 Å². The molecule has 0 aliphatic carbocycles. The topological polar surface area (TPSA) is 89.1 Å². The van der Waals surface area contributed by atoms with Crippen LogP contribution in [0.5, 0.6) is 11.5 Å². The average Bonchev–Trinajstić information content (AvgIpc) is 2.98. The van der Waals surface area contributed by atoms with Crippen molar-refractivity contribution in [1.29, 1.82) is 0 Å². The molecular formula is C32H39N3O5. The van der Waals surface area contributed by atoms with Crippen molar-refractivity contribution in [3.63, 3.8) is 0 Å². The Bertz CT molecular complexity index is 1230. The fourth-order valence-corrected chi connectivity index (χ4v) is 4.65. The van der Waals surface area contributed by atoms with Crippen LogP contribution in [0.2, 0.25) is 0 Å². The highest BCUT2D eigenvalue weighted by Gasteiger charge is 2.21. The zero-order valence-corrected chi connectivity index (χ0v) is 23.2. The van der Waals surface area contributed by atoms with Gasteiger partial charge in [0.05, 0.1) is 19.8 Å². The first-order chi connectivity index (χ1) is 19.6. The minimum Gasteiger partial charge on any atom is -0.493 e. The summed E-state index contributed by atoms with van der Waals surface area (Å²) in [5, 5.41) is 6.10. The number of methoxy groups -OCH3 is 1. The van der Waals surface area contributed by atoms with E-state index in [4.69, 9.17) is 14.2 Å². The maximum absolute atomic E-state index is 13.5. The van der Waals surface area contributed by atoms with E-state index in [1.165, 1.54) is 0 Å². The molecule has 1 aliphatic rings. The molecule has 212 valence electrons. The summed E-state index contributed by atoms with van der Waals surface area (Å²) < 4.78 is 17.0. The Morgan fingerprint density at radius 3 is 2.62 bits per heavy atom. The lowest BCUT2D eigenvalue weighted by molar-refractivity contribution is -0.122. The number of carbonyl (C=O) groups is 2. The zero-order chi connectivity index (χ0) is 28.0. The van der Waals surface area contributed by atoms with Gasteiger partial charge < -0.3 is 24.8 Å². The highest BCUT2D eigenvalue weighted by molar-refractivity contribution is 5.96. The number of carbonyl (C=O) groups excluding carboxylic acids is 2. The predicted octanol–water partition coefficient (Wildman–Crippen LogP) is 4.32. The monoisotopic (exact) mass is 545 g/mol. The van der Waals surface area contributed by atoms with Gasteiger partial charge in [-0.15, -0.1) is 0 Å². The number of amides is 2. The summed E-state index contributed by atoms with van der Waals surface area (Å²) in [6, 6.07) is 23.3. The molecule has 3 aromatic rings. The van der Waals surface area contributed by atoms with Crippen LogP contribution in [0.15, 0.2) is 72.8 Å². The highest BCUT2D eigenvalue weighted by atomic mass is 16.5. The van der Waals surface area contributed by atoms with Crippen LogP contribution in [0.25, 0.3) is 0 Å². The Morgan fingerprint density at radius 2 is 1.77 bits per heavy atom. The van der Waals surface area contributed by atoms with Gasteiger partial charge in [-0.3, -0.25) is 14.5 Å². The van der Waals surface area contributed by atoms with Crippen molar-refractivity contribution >= 4 is 11.8 Å². The highest BCUT2D eigenvalue weighted by Crippen LogP contribution is 2.26. The molecule has 0 spiro atoms. The van der Waals surface area contributed by atoms with Gasteiger partial charge in [0.15, 0.2) is 0 Å². The van der Waals surface area contributed by atoms with Gasteiger partial charge >= 0.3 is 0 Å². The lowest BCUT2D eigenvalue weighted by atomic mass is 10.0. The number of rotatable bonds is 9. The van der Waals surface area contributed by atoms with Crippen LogP contribution >= 0.6 is 0 Å². The van der Waals surface area contributed by atoms with E-state index >= 15 is 0 Å². The van der Waals surface area contributed by atoms with Crippen molar-refractivity contribution in [1.82, 2.24) is 15.5 Å². The first-order valence-corrected chi connectivity index (χ1v) is 13.9. The smallest absolute Gasteiger partial charge is 0.252 e. The van der Waals surface area contributed by atoms with Crippen LogP contribution < -0.4 is 20.1 Å². The van der Waals surface area contributed by atoms with Crippen molar-refractivity contribution in [2.75, 3.05) is 40.0 Å². The molecule has 0 fully saturated rings. The third-order valence-corrected chi connectivity index (χ3v) is 6.68. The van der Waals surface area contributed by atoms with Crippen LogP contribution in [0.1, 0.15) is 46.3 Å². The molecule has 40 heavy (non-hydrogen) atoms. The Balaban J connectivity index is 1.55. The van der Waals surface area contributed by atoms with Crippen molar-refractivity contribution in [3.8, 4) is 11.5 Å². The fraction of sp³-hybridized carbons (Fsp3) is 0.375. The molecule has 0 aromatic heterocycles. The normalized spacial score (nSPS) is 14.9. The van der Waals surface area contributed by atoms with Crippen molar-refractivity contribution in [2.45, 2.75) is 38.9 Å². The molecule has 0 saturated carbocycles. The molecule has 0 atom stereocenters. The lowest BCUT2D eigenvalue weighted by Crippen LogP contribution is -2.37. The molecule has 0 unspecified atom stereocenters. The Hall–Kier alpha value is -3.88. The number of hydrogen-bond acceptors (Lipinski definition) is 6. The van der Waals surface area contributed by atoms with Gasteiger partial charge in [-0.2, -0.15) is 0 Å². The third kappa shape index (κ3) is 9.10. The summed E-state index contributed by atoms with van der Waals surface area (Å²) in [5.41, 5.74) is 3.34. The van der Waals surface area contributed by atoms with Crippen molar-refractivity contribution in [3.05, 3.63) is 95.1 Å². The van der Waals surface area contributed by atoms with Crippen LogP contribution in [-0.4, -0.2) is 56.7 Å². The van der Waals surface area contributed by atoms with E-state index in [9.17, 15) is 9.59 Å². The molecule has 0 bridgehead atoms. The second-order valence-corrected chi connectivity index (χ2v) is 9.84. The quantitative estimate of drug-likeness (QED) is 0.390. The molecule has 1 heterocycles. The minimum atomic E-state index is -0.195. The number of nitrogens with one attached hydrogen (secondary N) is 2. The third-order valence-electron chi connectivity index (χ3n) is 6.68. The Labute approximate surface area is 236 Å². The molecule has 2 N–H and O–H groups in total. The van der Waals surface area contributed by atoms with Gasteiger partial charge in [-0.25, -0.2) is 0 Å². The molecule has 2 amide bonds. The van der Waals surface area contributed by atoms with Gasteiger partial charge in [0.25, 0.3) is 5.91 Å². The van der Waals surface area contributed by atoms with E-state index in [0.717, 1.165) is 41.7 Å². The van der Waals surface area contributed by atoms with Crippen LogP contribution in [-0.2, 0) is 29.2 Å². The molecule has 0 radical (unpaired) electrons. The van der Waals surface area contributed by atoms with Crippen LogP contribution in [0.4, 0.5) is 0 Å². The van der Waals surface area contributed by atoms with Crippen LogP contribution in [0.3, 0.4) is 0 Å². The fourth-order valence-electron chi connectivity index (χ4n) is 4.65. The van der Waals surface area contributed by atoms with Gasteiger partial charge in [0.2, 0.25) is 5.91 Å². The average molecular weight is 546 g/mol. The summed E-state index contributed by atoms with van der Waals surface area (Å²) in [4.78, 5) is 28.4. The maximum atomic E-state index is 13.5. The molecule has 8 heteroatoms. The second-order valence-electron chi connectivity index (χ2n) is 9.84. The summed E-state index contributed by atoms with van der Waals surface area (Å²) in [7, 11) is 1.63. The van der Waals surface area contributed by atoms with E-state index < -0.39 is 0 Å². The zero-order valence-electron chi connectivity index (χ0n) is 23.2. The van der Waals surface area contributed by atoms with E-state index in [-0.39, 0.29) is 18.4 Å². The van der Waals surface area contributed by atoms with Gasteiger partial charge in [-0.1, -0.05) is 48.5 Å². The predicted molar refractivity (Wildman–Crippen MR) is 154 cm³/mol. The van der Waals surface area contributed by atoms with E-state index in [1.54, 1.807) is 7.11 Å². The Kier molecular flexibility index (Phi) is 11.4. The molecule has 8 nitrogen and oxygen atoms in total. The first-order valence-electron chi connectivity index (χ1n) is 13.9. The molecular weight excluding hydrogens is 506 g/mol.